The number of carbonyl (C=O) groups excluding carboxylic acids is 1. The average Bonchev–Trinajstić information content (AvgIpc) is 2.65. The Balaban J connectivity index is 2.03. The molecule has 2 aromatic rings. The van der Waals surface area contributed by atoms with Gasteiger partial charge in [0.05, 0.1) is 36.0 Å². The van der Waals surface area contributed by atoms with Crippen LogP contribution < -0.4 is 14.8 Å². The van der Waals surface area contributed by atoms with Gasteiger partial charge in [-0.25, -0.2) is 0 Å². The molecular weight excluding hydrogens is 387 g/mol. The van der Waals surface area contributed by atoms with Crippen molar-refractivity contribution < 1.29 is 14.3 Å². The molecule has 0 spiro atoms. The largest absolute Gasteiger partial charge is 0.493 e. The number of ether oxygens (including phenoxy) is 2. The summed E-state index contributed by atoms with van der Waals surface area (Å²) in [4.78, 5) is 14.4. The summed E-state index contributed by atoms with van der Waals surface area (Å²) in [5.41, 5.74) is 1.46. The zero-order chi connectivity index (χ0) is 19.8. The van der Waals surface area contributed by atoms with Gasteiger partial charge in [0.1, 0.15) is 0 Å². The fourth-order valence-electron chi connectivity index (χ4n) is 2.62. The fourth-order valence-corrected chi connectivity index (χ4v) is 3.11. The summed E-state index contributed by atoms with van der Waals surface area (Å²) in [5.74, 6) is 1.21. The number of nitrogens with one attached hydrogen (secondary N) is 1. The lowest BCUT2D eigenvalue weighted by molar-refractivity contribution is -0.117. The topological polar surface area (TPSA) is 50.8 Å². The minimum absolute atomic E-state index is 0.176. The van der Waals surface area contributed by atoms with Gasteiger partial charge in [-0.3, -0.25) is 9.69 Å². The number of anilines is 1. The molecule has 0 atom stereocenters. The molecule has 0 aliphatic rings. The van der Waals surface area contributed by atoms with Gasteiger partial charge in [0.2, 0.25) is 5.91 Å². The number of hydrogen-bond acceptors (Lipinski definition) is 4. The number of halogens is 2. The third-order valence-electron chi connectivity index (χ3n) is 3.98. The monoisotopic (exact) mass is 410 g/mol. The Kier molecular flexibility index (Phi) is 8.23. The van der Waals surface area contributed by atoms with Crippen molar-refractivity contribution in [3.05, 3.63) is 52.0 Å². The molecule has 146 valence electrons. The molecule has 0 aliphatic carbocycles. The van der Waals surface area contributed by atoms with Gasteiger partial charge in [-0.15, -0.1) is 0 Å². The van der Waals surface area contributed by atoms with Crippen LogP contribution in [0, 0.1) is 0 Å². The second-order valence-electron chi connectivity index (χ2n) is 5.87. The van der Waals surface area contributed by atoms with E-state index >= 15 is 0 Å². The van der Waals surface area contributed by atoms with E-state index in [1.165, 1.54) is 0 Å². The molecule has 7 heteroatoms. The van der Waals surface area contributed by atoms with Crippen molar-refractivity contribution in [2.24, 2.45) is 0 Å². The standard InChI is InChI=1S/C20H24Cl2N2O3/c1-4-24(12-14-9-10-17(27-5-2)18(11-14)26-3)13-19(25)23-20-15(21)7-6-8-16(20)22/h6-11H,4-5,12-13H2,1-3H3,(H,23,25). The lowest BCUT2D eigenvalue weighted by Gasteiger charge is -2.21. The lowest BCUT2D eigenvalue weighted by atomic mass is 10.2. The van der Waals surface area contributed by atoms with E-state index in [9.17, 15) is 4.79 Å². The summed E-state index contributed by atoms with van der Waals surface area (Å²) in [5, 5.41) is 3.61. The lowest BCUT2D eigenvalue weighted by Crippen LogP contribution is -2.32. The first kappa shape index (κ1) is 21.4. The Morgan fingerprint density at radius 1 is 1.11 bits per heavy atom. The summed E-state index contributed by atoms with van der Waals surface area (Å²) in [6.07, 6.45) is 0. The van der Waals surface area contributed by atoms with Crippen LogP contribution in [0.2, 0.25) is 10.0 Å². The first-order valence-electron chi connectivity index (χ1n) is 8.74. The normalized spacial score (nSPS) is 10.7. The van der Waals surface area contributed by atoms with Crippen molar-refractivity contribution in [3.8, 4) is 11.5 Å². The molecule has 27 heavy (non-hydrogen) atoms. The predicted octanol–water partition coefficient (Wildman–Crippen LogP) is 4.86. The molecule has 0 radical (unpaired) electrons. The number of nitrogens with zero attached hydrogens (tertiary/aromatic N) is 1. The zero-order valence-corrected chi connectivity index (χ0v) is 17.2. The first-order chi connectivity index (χ1) is 13.0. The third-order valence-corrected chi connectivity index (χ3v) is 4.61. The first-order valence-corrected chi connectivity index (χ1v) is 9.50. The van der Waals surface area contributed by atoms with Gasteiger partial charge in [-0.1, -0.05) is 42.3 Å². The Hall–Kier alpha value is -1.95. The van der Waals surface area contributed by atoms with Crippen molar-refractivity contribution in [2.45, 2.75) is 20.4 Å². The van der Waals surface area contributed by atoms with E-state index in [1.54, 1.807) is 25.3 Å². The van der Waals surface area contributed by atoms with Gasteiger partial charge in [-0.2, -0.15) is 0 Å². The number of amides is 1. The summed E-state index contributed by atoms with van der Waals surface area (Å²) in [6.45, 7) is 6.02. The number of methoxy groups -OCH3 is 1. The molecule has 0 fully saturated rings. The second kappa shape index (κ2) is 10.4. The maximum Gasteiger partial charge on any atom is 0.238 e. The quantitative estimate of drug-likeness (QED) is 0.640. The minimum Gasteiger partial charge on any atom is -0.493 e. The number of carbonyl (C=O) groups is 1. The minimum atomic E-state index is -0.176. The van der Waals surface area contributed by atoms with Crippen molar-refractivity contribution in [2.75, 3.05) is 32.1 Å². The molecule has 2 aromatic carbocycles. The van der Waals surface area contributed by atoms with Crippen LogP contribution >= 0.6 is 23.2 Å². The SMILES string of the molecule is CCOc1ccc(CN(CC)CC(=O)Nc2c(Cl)cccc2Cl)cc1OC. The number of rotatable bonds is 9. The highest BCUT2D eigenvalue weighted by Crippen LogP contribution is 2.30. The Morgan fingerprint density at radius 3 is 2.41 bits per heavy atom. The van der Waals surface area contributed by atoms with E-state index in [0.29, 0.717) is 46.9 Å². The summed E-state index contributed by atoms with van der Waals surface area (Å²) in [6, 6.07) is 10.9. The number of para-hydroxylation sites is 1. The van der Waals surface area contributed by atoms with Crippen LogP contribution in [0.1, 0.15) is 19.4 Å². The van der Waals surface area contributed by atoms with Gasteiger partial charge in [0.15, 0.2) is 11.5 Å². The van der Waals surface area contributed by atoms with Crippen molar-refractivity contribution in [1.29, 1.82) is 0 Å². The summed E-state index contributed by atoms with van der Waals surface area (Å²) < 4.78 is 10.9. The van der Waals surface area contributed by atoms with E-state index < -0.39 is 0 Å². The fraction of sp³-hybridized carbons (Fsp3) is 0.350. The molecule has 0 saturated carbocycles. The molecule has 0 aromatic heterocycles. The number of likely N-dealkylation sites (N-methyl/N-ethyl adjacent to an activating group) is 1. The summed E-state index contributed by atoms with van der Waals surface area (Å²) in [7, 11) is 1.61. The Bertz CT molecular complexity index is 764. The molecule has 0 unspecified atom stereocenters. The molecule has 1 amide bonds. The maximum absolute atomic E-state index is 12.4. The third kappa shape index (κ3) is 6.03. The zero-order valence-electron chi connectivity index (χ0n) is 15.7. The highest BCUT2D eigenvalue weighted by Gasteiger charge is 2.14. The smallest absolute Gasteiger partial charge is 0.238 e. The van der Waals surface area contributed by atoms with E-state index in [2.05, 4.69) is 5.32 Å². The van der Waals surface area contributed by atoms with Crippen LogP contribution in [-0.4, -0.2) is 37.6 Å². The molecule has 0 heterocycles. The molecule has 0 aliphatic heterocycles. The van der Waals surface area contributed by atoms with E-state index in [0.717, 1.165) is 5.56 Å². The predicted molar refractivity (Wildman–Crippen MR) is 110 cm³/mol. The number of benzene rings is 2. The molecule has 1 N–H and O–H groups in total. The van der Waals surface area contributed by atoms with Crippen LogP contribution in [0.25, 0.3) is 0 Å². The molecular formula is C20H24Cl2N2O3. The number of hydrogen-bond donors (Lipinski definition) is 1. The van der Waals surface area contributed by atoms with Crippen LogP contribution in [0.4, 0.5) is 5.69 Å². The van der Waals surface area contributed by atoms with E-state index in [4.69, 9.17) is 32.7 Å². The summed E-state index contributed by atoms with van der Waals surface area (Å²) >= 11 is 12.2. The highest BCUT2D eigenvalue weighted by molar-refractivity contribution is 6.39. The molecule has 0 saturated heterocycles. The van der Waals surface area contributed by atoms with Crippen LogP contribution in [0.15, 0.2) is 36.4 Å². The Morgan fingerprint density at radius 2 is 1.81 bits per heavy atom. The van der Waals surface area contributed by atoms with Gasteiger partial charge in [-0.05, 0) is 43.3 Å². The van der Waals surface area contributed by atoms with Crippen LogP contribution in [0.5, 0.6) is 11.5 Å². The van der Waals surface area contributed by atoms with Gasteiger partial charge >= 0.3 is 0 Å². The van der Waals surface area contributed by atoms with Crippen LogP contribution in [-0.2, 0) is 11.3 Å². The van der Waals surface area contributed by atoms with Gasteiger partial charge < -0.3 is 14.8 Å². The Labute approximate surface area is 170 Å². The highest BCUT2D eigenvalue weighted by atomic mass is 35.5. The molecule has 0 bridgehead atoms. The molecule has 5 nitrogen and oxygen atoms in total. The van der Waals surface area contributed by atoms with Crippen molar-refractivity contribution in [3.63, 3.8) is 0 Å². The maximum atomic E-state index is 12.4. The van der Waals surface area contributed by atoms with Gasteiger partial charge in [0, 0.05) is 6.54 Å². The van der Waals surface area contributed by atoms with Crippen molar-refractivity contribution >= 4 is 34.8 Å². The second-order valence-corrected chi connectivity index (χ2v) is 6.68. The molecule has 2 rings (SSSR count). The van der Waals surface area contributed by atoms with E-state index in [1.807, 2.05) is 36.9 Å². The van der Waals surface area contributed by atoms with E-state index in [-0.39, 0.29) is 12.5 Å². The van der Waals surface area contributed by atoms with Crippen molar-refractivity contribution in [1.82, 2.24) is 4.90 Å². The van der Waals surface area contributed by atoms with Crippen LogP contribution in [0.3, 0.4) is 0 Å². The average molecular weight is 411 g/mol. The van der Waals surface area contributed by atoms with Gasteiger partial charge in [0.25, 0.3) is 0 Å².